The lowest BCUT2D eigenvalue weighted by Gasteiger charge is -2.22. The van der Waals surface area contributed by atoms with E-state index in [0.29, 0.717) is 10.2 Å². The molecule has 2 aromatic heterocycles. The van der Waals surface area contributed by atoms with E-state index >= 15 is 0 Å². The van der Waals surface area contributed by atoms with E-state index < -0.39 is 28.9 Å². The van der Waals surface area contributed by atoms with Gasteiger partial charge in [-0.05, 0) is 46.6 Å². The van der Waals surface area contributed by atoms with E-state index in [4.69, 9.17) is 4.74 Å². The van der Waals surface area contributed by atoms with Crippen molar-refractivity contribution in [3.8, 4) is 0 Å². The molecule has 1 unspecified atom stereocenters. The summed E-state index contributed by atoms with van der Waals surface area (Å²) >= 11 is 1.41. The van der Waals surface area contributed by atoms with Crippen LogP contribution >= 0.6 is 11.3 Å². The second kappa shape index (κ2) is 5.96. The summed E-state index contributed by atoms with van der Waals surface area (Å²) in [6, 6.07) is -0.987. The number of carbonyl (C=O) groups is 1. The van der Waals surface area contributed by atoms with Crippen LogP contribution in [0.15, 0.2) is 9.59 Å². The quantitative estimate of drug-likeness (QED) is 0.872. The molecule has 2 aromatic rings. The second-order valence-corrected chi connectivity index (χ2v) is 7.63. The molecule has 2 heterocycles. The molecular weight excluding hydrogens is 316 g/mol. The average Bonchev–Trinajstić information content (AvgIpc) is 2.72. The van der Waals surface area contributed by atoms with Crippen molar-refractivity contribution >= 4 is 27.5 Å². The molecule has 1 N–H and O–H groups in total. The zero-order valence-electron chi connectivity index (χ0n) is 14.3. The first-order chi connectivity index (χ1) is 10.6. The molecule has 0 saturated heterocycles. The summed E-state index contributed by atoms with van der Waals surface area (Å²) in [6.07, 6.45) is 0.786. The lowest BCUT2D eigenvalue weighted by molar-refractivity contribution is -0.158. The number of nitrogens with one attached hydrogen (secondary N) is 1. The average molecular weight is 338 g/mol. The summed E-state index contributed by atoms with van der Waals surface area (Å²) in [7, 11) is 0. The highest BCUT2D eigenvalue weighted by atomic mass is 32.1. The maximum atomic E-state index is 12.8. The SMILES string of the molecule is CCc1sc2[nH]c(=O)n(C(C)C(=O)OC(C)(C)C)c(=O)c2c1C. The van der Waals surface area contributed by atoms with E-state index in [1.165, 1.54) is 18.3 Å². The summed E-state index contributed by atoms with van der Waals surface area (Å²) in [6.45, 7) is 10.6. The summed E-state index contributed by atoms with van der Waals surface area (Å²) in [5.41, 5.74) is -0.862. The van der Waals surface area contributed by atoms with Gasteiger partial charge in [-0.2, -0.15) is 0 Å². The molecule has 0 fully saturated rings. The number of aryl methyl sites for hydroxylation is 2. The van der Waals surface area contributed by atoms with Gasteiger partial charge in [0.15, 0.2) is 0 Å². The number of carbonyl (C=O) groups excluding carboxylic acids is 1. The highest BCUT2D eigenvalue weighted by Gasteiger charge is 2.26. The molecule has 0 aliphatic rings. The van der Waals surface area contributed by atoms with Crippen LogP contribution < -0.4 is 11.2 Å². The van der Waals surface area contributed by atoms with Crippen LogP contribution in [0.1, 0.15) is 51.1 Å². The Hall–Kier alpha value is -1.89. The summed E-state index contributed by atoms with van der Waals surface area (Å²) < 4.78 is 6.22. The van der Waals surface area contributed by atoms with Crippen molar-refractivity contribution in [1.29, 1.82) is 0 Å². The van der Waals surface area contributed by atoms with Crippen molar-refractivity contribution < 1.29 is 9.53 Å². The minimum atomic E-state index is -0.987. The van der Waals surface area contributed by atoms with Gasteiger partial charge in [0.25, 0.3) is 5.56 Å². The van der Waals surface area contributed by atoms with Crippen molar-refractivity contribution in [3.05, 3.63) is 31.3 Å². The number of H-pyrrole nitrogens is 1. The Balaban J connectivity index is 2.62. The van der Waals surface area contributed by atoms with Gasteiger partial charge in [0.1, 0.15) is 16.5 Å². The van der Waals surface area contributed by atoms with Crippen LogP contribution in [-0.4, -0.2) is 21.1 Å². The number of aromatic amines is 1. The molecule has 0 saturated carbocycles. The molecule has 126 valence electrons. The van der Waals surface area contributed by atoms with Crippen molar-refractivity contribution in [3.63, 3.8) is 0 Å². The first-order valence-corrected chi connectivity index (χ1v) is 8.38. The fraction of sp³-hybridized carbons (Fsp3) is 0.562. The molecule has 0 aromatic carbocycles. The molecule has 0 radical (unpaired) electrons. The van der Waals surface area contributed by atoms with Gasteiger partial charge in [0.05, 0.1) is 5.39 Å². The monoisotopic (exact) mass is 338 g/mol. The lowest BCUT2D eigenvalue weighted by atomic mass is 10.2. The predicted molar refractivity (Wildman–Crippen MR) is 91.4 cm³/mol. The summed E-state index contributed by atoms with van der Waals surface area (Å²) in [5.74, 6) is -0.604. The van der Waals surface area contributed by atoms with Gasteiger partial charge in [-0.1, -0.05) is 6.92 Å². The number of hydrogen-bond acceptors (Lipinski definition) is 5. The number of nitrogens with zero attached hydrogens (tertiary/aromatic N) is 1. The number of thiophene rings is 1. The van der Waals surface area contributed by atoms with Crippen molar-refractivity contribution in [1.82, 2.24) is 9.55 Å². The molecule has 0 spiro atoms. The van der Waals surface area contributed by atoms with Crippen LogP contribution in [0.2, 0.25) is 0 Å². The minimum absolute atomic E-state index is 0.449. The van der Waals surface area contributed by atoms with Crippen LogP contribution in [0.3, 0.4) is 0 Å². The Morgan fingerprint density at radius 2 is 1.96 bits per heavy atom. The van der Waals surface area contributed by atoms with E-state index in [0.717, 1.165) is 21.4 Å². The van der Waals surface area contributed by atoms with Crippen LogP contribution in [0, 0.1) is 6.92 Å². The van der Waals surface area contributed by atoms with Gasteiger partial charge >= 0.3 is 11.7 Å². The molecule has 0 aliphatic carbocycles. The summed E-state index contributed by atoms with van der Waals surface area (Å²) in [5, 5.41) is 0.474. The normalized spacial score (nSPS) is 13.3. The van der Waals surface area contributed by atoms with Gasteiger partial charge in [0, 0.05) is 4.88 Å². The topological polar surface area (TPSA) is 81.2 Å². The van der Waals surface area contributed by atoms with E-state index in [1.807, 2.05) is 13.8 Å². The molecule has 0 bridgehead atoms. The van der Waals surface area contributed by atoms with Gasteiger partial charge < -0.3 is 4.74 Å². The zero-order chi connectivity index (χ0) is 17.5. The van der Waals surface area contributed by atoms with Gasteiger partial charge in [-0.25, -0.2) is 14.2 Å². The van der Waals surface area contributed by atoms with Crippen molar-refractivity contribution in [2.24, 2.45) is 0 Å². The standard InChI is InChI=1S/C16H22N2O4S/c1-7-10-8(2)11-12(23-10)17-15(21)18(13(11)19)9(3)14(20)22-16(4,5)6/h9H,7H2,1-6H3,(H,17,21). The number of rotatable bonds is 3. The highest BCUT2D eigenvalue weighted by molar-refractivity contribution is 7.18. The van der Waals surface area contributed by atoms with Crippen LogP contribution in [-0.2, 0) is 16.0 Å². The third kappa shape index (κ3) is 3.24. The van der Waals surface area contributed by atoms with Crippen molar-refractivity contribution in [2.75, 3.05) is 0 Å². The third-order valence-corrected chi connectivity index (χ3v) is 4.93. The van der Waals surface area contributed by atoms with Crippen LogP contribution in [0.4, 0.5) is 0 Å². The third-order valence-electron chi connectivity index (χ3n) is 3.57. The largest absolute Gasteiger partial charge is 0.458 e. The zero-order valence-corrected chi connectivity index (χ0v) is 15.1. The molecule has 0 amide bonds. The van der Waals surface area contributed by atoms with E-state index in [-0.39, 0.29) is 0 Å². The number of fused-ring (bicyclic) bond motifs is 1. The lowest BCUT2D eigenvalue weighted by Crippen LogP contribution is -2.41. The number of aromatic nitrogens is 2. The predicted octanol–water partition coefficient (Wildman–Crippen LogP) is 2.52. The molecule has 7 heteroatoms. The van der Waals surface area contributed by atoms with Crippen molar-refractivity contribution in [2.45, 2.75) is 59.6 Å². The summed E-state index contributed by atoms with van der Waals surface area (Å²) in [4.78, 5) is 41.6. The first-order valence-electron chi connectivity index (χ1n) is 7.56. The molecule has 23 heavy (non-hydrogen) atoms. The Kier molecular flexibility index (Phi) is 4.52. The van der Waals surface area contributed by atoms with Crippen LogP contribution in [0.5, 0.6) is 0 Å². The second-order valence-electron chi connectivity index (χ2n) is 6.52. The maximum absolute atomic E-state index is 12.8. The fourth-order valence-electron chi connectivity index (χ4n) is 2.46. The van der Waals surface area contributed by atoms with E-state index in [9.17, 15) is 14.4 Å². The van der Waals surface area contributed by atoms with Gasteiger partial charge in [-0.15, -0.1) is 11.3 Å². The number of esters is 1. The Morgan fingerprint density at radius 1 is 1.35 bits per heavy atom. The number of ether oxygens (including phenoxy) is 1. The molecule has 6 nitrogen and oxygen atoms in total. The van der Waals surface area contributed by atoms with E-state index in [1.54, 1.807) is 20.8 Å². The maximum Gasteiger partial charge on any atom is 0.330 e. The first kappa shape index (κ1) is 17.5. The van der Waals surface area contributed by atoms with E-state index in [2.05, 4.69) is 4.98 Å². The number of hydrogen-bond donors (Lipinski definition) is 1. The Labute approximate surface area is 138 Å². The minimum Gasteiger partial charge on any atom is -0.458 e. The highest BCUT2D eigenvalue weighted by Crippen LogP contribution is 2.26. The van der Waals surface area contributed by atoms with Gasteiger partial charge in [0.2, 0.25) is 0 Å². The smallest absolute Gasteiger partial charge is 0.330 e. The molecule has 2 rings (SSSR count). The van der Waals surface area contributed by atoms with Gasteiger partial charge in [-0.3, -0.25) is 9.78 Å². The van der Waals surface area contributed by atoms with Crippen LogP contribution in [0.25, 0.3) is 10.2 Å². The fourth-order valence-corrected chi connectivity index (χ4v) is 3.58. The molecule has 0 aliphatic heterocycles. The molecular formula is C16H22N2O4S. The Bertz CT molecular complexity index is 867. The Morgan fingerprint density at radius 3 is 2.48 bits per heavy atom. The molecule has 1 atom stereocenters.